The smallest absolute Gasteiger partial charge is 0.0874 e. The molecule has 0 unspecified atom stereocenters. The van der Waals surface area contributed by atoms with E-state index >= 15 is 0 Å². The van der Waals surface area contributed by atoms with Crippen molar-refractivity contribution in [3.05, 3.63) is 60.7 Å². The van der Waals surface area contributed by atoms with E-state index in [-0.39, 0.29) is 0 Å². The molecular weight excluding hydrogens is 200 g/mol. The van der Waals surface area contributed by atoms with Gasteiger partial charge in [-0.1, -0.05) is 41.6 Å². The number of nitrogens with zero attached hydrogens (tertiary/aromatic N) is 3. The molecule has 0 aliphatic rings. The number of hydrogen-bond donors (Lipinski definition) is 1. The highest BCUT2D eigenvalue weighted by Gasteiger charge is 1.96. The van der Waals surface area contributed by atoms with Gasteiger partial charge in [-0.2, -0.15) is 5.12 Å². The Bertz CT molecular complexity index is 453. The van der Waals surface area contributed by atoms with E-state index < -0.39 is 0 Å². The van der Waals surface area contributed by atoms with E-state index in [9.17, 15) is 0 Å². The van der Waals surface area contributed by atoms with Gasteiger partial charge in [0.15, 0.2) is 0 Å². The lowest BCUT2D eigenvalue weighted by Gasteiger charge is -2.09. The third-order valence-corrected chi connectivity index (χ3v) is 2.03. The summed E-state index contributed by atoms with van der Waals surface area (Å²) in [5.74, 6) is 5.72. The molecule has 4 nitrogen and oxygen atoms in total. The summed E-state index contributed by atoms with van der Waals surface area (Å²) in [6, 6.07) is 18.9. The largest absolute Gasteiger partial charge is 0.225 e. The van der Waals surface area contributed by atoms with E-state index in [0.29, 0.717) is 0 Å². The number of hydrazine groups is 1. The maximum absolute atomic E-state index is 5.72. The highest BCUT2D eigenvalue weighted by atomic mass is 15.7. The van der Waals surface area contributed by atoms with Crippen LogP contribution in [0.1, 0.15) is 0 Å². The molecular formula is C12H12N4. The number of benzene rings is 2. The maximum atomic E-state index is 5.72. The van der Waals surface area contributed by atoms with Gasteiger partial charge in [-0.15, -0.1) is 5.11 Å². The van der Waals surface area contributed by atoms with Gasteiger partial charge < -0.3 is 0 Å². The second kappa shape index (κ2) is 5.04. The zero-order chi connectivity index (χ0) is 11.2. The quantitative estimate of drug-likeness (QED) is 0.483. The second-order valence-electron chi connectivity index (χ2n) is 3.21. The minimum atomic E-state index is 0.772. The fourth-order valence-corrected chi connectivity index (χ4v) is 1.23. The van der Waals surface area contributed by atoms with Crippen LogP contribution in [0.25, 0.3) is 0 Å². The Morgan fingerprint density at radius 3 is 2.00 bits per heavy atom. The summed E-state index contributed by atoms with van der Waals surface area (Å²) in [5.41, 5.74) is 1.57. The second-order valence-corrected chi connectivity index (χ2v) is 3.21. The molecule has 0 saturated heterocycles. The van der Waals surface area contributed by atoms with Gasteiger partial charge in [0.25, 0.3) is 0 Å². The summed E-state index contributed by atoms with van der Waals surface area (Å²) < 4.78 is 0. The van der Waals surface area contributed by atoms with Gasteiger partial charge in [-0.3, -0.25) is 0 Å². The summed E-state index contributed by atoms with van der Waals surface area (Å²) in [6.45, 7) is 0. The van der Waals surface area contributed by atoms with Crippen LogP contribution in [0.5, 0.6) is 0 Å². The van der Waals surface area contributed by atoms with E-state index in [0.717, 1.165) is 11.4 Å². The summed E-state index contributed by atoms with van der Waals surface area (Å²) in [6.07, 6.45) is 0. The van der Waals surface area contributed by atoms with Gasteiger partial charge in [-0.05, 0) is 24.3 Å². The SMILES string of the molecule is NN(N=Nc1ccccc1)c1ccccc1. The number of anilines is 1. The number of para-hydroxylation sites is 1. The molecule has 4 heteroatoms. The molecule has 16 heavy (non-hydrogen) atoms. The Morgan fingerprint density at radius 2 is 1.38 bits per heavy atom. The Hall–Kier alpha value is -2.20. The van der Waals surface area contributed by atoms with E-state index in [1.165, 1.54) is 5.12 Å². The molecule has 0 saturated carbocycles. The minimum Gasteiger partial charge on any atom is -0.225 e. The third kappa shape index (κ3) is 2.65. The molecule has 0 aromatic heterocycles. The normalized spacial score (nSPS) is 10.6. The molecule has 0 aliphatic heterocycles. The van der Waals surface area contributed by atoms with Crippen molar-refractivity contribution in [2.75, 3.05) is 5.12 Å². The first-order chi connectivity index (χ1) is 7.86. The molecule has 0 heterocycles. The monoisotopic (exact) mass is 212 g/mol. The number of nitrogens with two attached hydrogens (primary N) is 1. The fraction of sp³-hybridized carbons (Fsp3) is 0. The van der Waals surface area contributed by atoms with Gasteiger partial charge in [0, 0.05) is 0 Å². The first kappa shape index (κ1) is 10.3. The van der Waals surface area contributed by atoms with Gasteiger partial charge >= 0.3 is 0 Å². The van der Waals surface area contributed by atoms with Crippen LogP contribution in [0.15, 0.2) is 71.0 Å². The van der Waals surface area contributed by atoms with Crippen LogP contribution in [-0.2, 0) is 0 Å². The maximum Gasteiger partial charge on any atom is 0.0874 e. The molecule has 0 fully saturated rings. The van der Waals surface area contributed by atoms with Crippen LogP contribution in [0.3, 0.4) is 0 Å². The zero-order valence-corrected chi connectivity index (χ0v) is 8.69. The highest BCUT2D eigenvalue weighted by molar-refractivity contribution is 5.43. The van der Waals surface area contributed by atoms with Gasteiger partial charge in [0.2, 0.25) is 0 Å². The van der Waals surface area contributed by atoms with Crippen LogP contribution < -0.4 is 11.0 Å². The predicted molar refractivity (Wildman–Crippen MR) is 64.1 cm³/mol. The fourth-order valence-electron chi connectivity index (χ4n) is 1.23. The van der Waals surface area contributed by atoms with E-state index in [4.69, 9.17) is 5.84 Å². The van der Waals surface area contributed by atoms with Gasteiger partial charge in [-0.25, -0.2) is 5.84 Å². The molecule has 0 bridgehead atoms. The average molecular weight is 212 g/mol. The molecule has 2 N–H and O–H groups in total. The molecule has 2 rings (SSSR count). The van der Waals surface area contributed by atoms with E-state index in [1.807, 2.05) is 60.7 Å². The Balaban J connectivity index is 2.08. The van der Waals surface area contributed by atoms with Crippen molar-refractivity contribution >= 4 is 11.4 Å². The van der Waals surface area contributed by atoms with E-state index in [2.05, 4.69) is 10.3 Å². The van der Waals surface area contributed by atoms with Crippen LogP contribution in [0.2, 0.25) is 0 Å². The van der Waals surface area contributed by atoms with Crippen molar-refractivity contribution in [2.45, 2.75) is 0 Å². The van der Waals surface area contributed by atoms with Crippen molar-refractivity contribution < 1.29 is 0 Å². The van der Waals surface area contributed by atoms with Gasteiger partial charge in [0.05, 0.1) is 11.4 Å². The van der Waals surface area contributed by atoms with Crippen molar-refractivity contribution in [2.24, 2.45) is 16.2 Å². The van der Waals surface area contributed by atoms with Crippen molar-refractivity contribution in [3.63, 3.8) is 0 Å². The van der Waals surface area contributed by atoms with Gasteiger partial charge in [0.1, 0.15) is 0 Å². The van der Waals surface area contributed by atoms with Crippen molar-refractivity contribution in [3.8, 4) is 0 Å². The van der Waals surface area contributed by atoms with E-state index in [1.54, 1.807) is 0 Å². The average Bonchev–Trinajstić information content (AvgIpc) is 2.38. The van der Waals surface area contributed by atoms with Crippen LogP contribution in [0, 0.1) is 0 Å². The number of hydrogen-bond acceptors (Lipinski definition) is 3. The highest BCUT2D eigenvalue weighted by Crippen LogP contribution is 2.14. The summed E-state index contributed by atoms with van der Waals surface area (Å²) in [4.78, 5) is 0. The lowest BCUT2D eigenvalue weighted by atomic mass is 10.3. The molecule has 0 aliphatic carbocycles. The predicted octanol–water partition coefficient (Wildman–Crippen LogP) is 3.07. The molecule has 80 valence electrons. The Kier molecular flexibility index (Phi) is 3.25. The molecule has 2 aromatic rings. The number of rotatable bonds is 3. The van der Waals surface area contributed by atoms with Crippen LogP contribution in [-0.4, -0.2) is 0 Å². The zero-order valence-electron chi connectivity index (χ0n) is 8.69. The standard InChI is InChI=1S/C12H12N4/c13-16(12-9-5-2-6-10-12)15-14-11-7-3-1-4-8-11/h1-10H,13H2. The first-order valence-corrected chi connectivity index (χ1v) is 4.93. The molecule has 2 aromatic carbocycles. The third-order valence-electron chi connectivity index (χ3n) is 2.03. The van der Waals surface area contributed by atoms with Crippen molar-refractivity contribution in [1.29, 1.82) is 0 Å². The van der Waals surface area contributed by atoms with Crippen LogP contribution >= 0.6 is 0 Å². The molecule has 0 spiro atoms. The first-order valence-electron chi connectivity index (χ1n) is 4.93. The Labute approximate surface area is 94.0 Å². The topological polar surface area (TPSA) is 54.0 Å². The summed E-state index contributed by atoms with van der Waals surface area (Å²) in [5, 5.41) is 9.15. The lowest BCUT2D eigenvalue weighted by molar-refractivity contribution is 0.856. The molecule has 0 atom stereocenters. The Morgan fingerprint density at radius 1 is 0.812 bits per heavy atom. The minimum absolute atomic E-state index is 0.772. The lowest BCUT2D eigenvalue weighted by Crippen LogP contribution is -2.23. The molecule has 0 amide bonds. The summed E-state index contributed by atoms with van der Waals surface area (Å²) in [7, 11) is 0. The molecule has 0 radical (unpaired) electrons. The summed E-state index contributed by atoms with van der Waals surface area (Å²) >= 11 is 0. The van der Waals surface area contributed by atoms with Crippen LogP contribution in [0.4, 0.5) is 11.4 Å². The van der Waals surface area contributed by atoms with Crippen molar-refractivity contribution in [1.82, 2.24) is 0 Å².